The van der Waals surface area contributed by atoms with Crippen LogP contribution >= 0.6 is 19.5 Å². The lowest BCUT2D eigenvalue weighted by atomic mass is 9.84. The number of ketones is 1. The summed E-state index contributed by atoms with van der Waals surface area (Å²) in [6, 6.07) is 6.86. The van der Waals surface area contributed by atoms with Crippen molar-refractivity contribution in [1.29, 1.82) is 0 Å². The second-order valence-corrected chi connectivity index (χ2v) is 12.4. The van der Waals surface area contributed by atoms with E-state index in [0.29, 0.717) is 30.8 Å². The maximum absolute atomic E-state index is 12.9. The molecule has 0 heterocycles. The van der Waals surface area contributed by atoms with E-state index < -0.39 is 21.9 Å². The van der Waals surface area contributed by atoms with Gasteiger partial charge >= 0.3 is 5.97 Å². The highest BCUT2D eigenvalue weighted by molar-refractivity contribution is 8.32. The van der Waals surface area contributed by atoms with Crippen molar-refractivity contribution in [2.75, 3.05) is 37.7 Å². The van der Waals surface area contributed by atoms with Gasteiger partial charge in [0, 0.05) is 23.8 Å². The van der Waals surface area contributed by atoms with Crippen LogP contribution in [0.1, 0.15) is 23.2 Å². The Hall–Kier alpha value is -1.10. The van der Waals surface area contributed by atoms with Crippen molar-refractivity contribution in [2.24, 2.45) is 17.8 Å². The van der Waals surface area contributed by atoms with Gasteiger partial charge in [-0.05, 0) is 61.8 Å². The molecule has 4 atom stereocenters. The first-order valence-electron chi connectivity index (χ1n) is 8.71. The van der Waals surface area contributed by atoms with Crippen LogP contribution in [0.2, 0.25) is 0 Å². The van der Waals surface area contributed by atoms with Crippen molar-refractivity contribution in [1.82, 2.24) is 0 Å². The molecule has 1 unspecified atom stereocenters. The molecule has 0 spiro atoms. The number of aliphatic hydroxyl groups is 1. The standard InChI is InChI=1S/C19H29O5PS/c1-26(2,3)11-10-23-19(22)17-14(12-20)6-9-16(17)18(21)13-4-7-15(24-25)8-5-13/h4-5,7-8,14,16-17,20H,6,9-12,25H2,1-3H3/t14-,16-,17-/m0/s1. The summed E-state index contributed by atoms with van der Waals surface area (Å²) in [6.07, 6.45) is 7.75. The number of hydrogen-bond acceptors (Lipinski definition) is 5. The molecule has 146 valence electrons. The van der Waals surface area contributed by atoms with Crippen LogP contribution in [-0.4, -0.2) is 54.6 Å². The van der Waals surface area contributed by atoms with Gasteiger partial charge < -0.3 is 14.4 Å². The van der Waals surface area contributed by atoms with Gasteiger partial charge in [0.1, 0.15) is 5.75 Å². The Balaban J connectivity index is 2.10. The van der Waals surface area contributed by atoms with Crippen LogP contribution in [0.4, 0.5) is 0 Å². The monoisotopic (exact) mass is 400 g/mol. The van der Waals surface area contributed by atoms with Crippen molar-refractivity contribution in [3.63, 3.8) is 0 Å². The molecule has 0 saturated heterocycles. The molecule has 1 saturated carbocycles. The van der Waals surface area contributed by atoms with Crippen LogP contribution in [0.3, 0.4) is 0 Å². The molecule has 26 heavy (non-hydrogen) atoms. The first-order chi connectivity index (χ1) is 12.3. The summed E-state index contributed by atoms with van der Waals surface area (Å²) in [6.45, 7) is 0.265. The molecular formula is C19H29O5PS. The van der Waals surface area contributed by atoms with Crippen molar-refractivity contribution in [3.05, 3.63) is 29.8 Å². The fourth-order valence-corrected chi connectivity index (χ4v) is 4.08. The van der Waals surface area contributed by atoms with Gasteiger partial charge in [-0.2, -0.15) is 0 Å². The summed E-state index contributed by atoms with van der Waals surface area (Å²) in [5.41, 5.74) is 0.552. The first kappa shape index (κ1) is 21.2. The van der Waals surface area contributed by atoms with Gasteiger partial charge in [0.2, 0.25) is 0 Å². The van der Waals surface area contributed by atoms with Crippen LogP contribution in [0.25, 0.3) is 0 Å². The highest BCUT2D eigenvalue weighted by Gasteiger charge is 2.45. The number of benzene rings is 1. The average Bonchev–Trinajstić information content (AvgIpc) is 3.04. The molecule has 0 amide bonds. The molecule has 0 aliphatic heterocycles. The SMILES string of the molecule is CS(C)(C)CCOC(=O)[C@H]1[C@H](CO)CC[C@@H]1C(=O)c1ccc(OP)cc1. The molecule has 1 aromatic carbocycles. The van der Waals surface area contributed by atoms with E-state index in [4.69, 9.17) is 9.26 Å². The van der Waals surface area contributed by atoms with Crippen molar-refractivity contribution >= 4 is 31.2 Å². The second-order valence-electron chi connectivity index (χ2n) is 7.62. The number of hydrogen-bond donors (Lipinski definition) is 1. The predicted molar refractivity (Wildman–Crippen MR) is 109 cm³/mol. The smallest absolute Gasteiger partial charge is 0.310 e. The molecule has 1 N–H and O–H groups in total. The van der Waals surface area contributed by atoms with Gasteiger partial charge in [-0.3, -0.25) is 9.59 Å². The summed E-state index contributed by atoms with van der Waals surface area (Å²) >= 11 is 0. The molecule has 0 bridgehead atoms. The summed E-state index contributed by atoms with van der Waals surface area (Å²) in [7, 11) is 1.41. The number of esters is 1. The van der Waals surface area contributed by atoms with E-state index in [-0.39, 0.29) is 24.3 Å². The van der Waals surface area contributed by atoms with Crippen LogP contribution in [0.15, 0.2) is 24.3 Å². The van der Waals surface area contributed by atoms with Gasteiger partial charge in [-0.1, -0.05) is 0 Å². The van der Waals surface area contributed by atoms with E-state index in [1.165, 1.54) is 0 Å². The van der Waals surface area contributed by atoms with Crippen molar-refractivity contribution in [3.8, 4) is 5.75 Å². The van der Waals surface area contributed by atoms with E-state index in [2.05, 4.69) is 28.2 Å². The van der Waals surface area contributed by atoms with Gasteiger partial charge in [0.15, 0.2) is 5.78 Å². The summed E-state index contributed by atoms with van der Waals surface area (Å²) < 4.78 is 10.5. The van der Waals surface area contributed by atoms with Gasteiger partial charge in [-0.15, -0.1) is 0 Å². The molecule has 1 aliphatic carbocycles. The zero-order valence-electron chi connectivity index (χ0n) is 15.6. The maximum Gasteiger partial charge on any atom is 0.310 e. The van der Waals surface area contributed by atoms with Gasteiger partial charge in [0.25, 0.3) is 0 Å². The second kappa shape index (κ2) is 9.20. The van der Waals surface area contributed by atoms with E-state index in [1.54, 1.807) is 24.3 Å². The number of ether oxygens (including phenoxy) is 1. The zero-order chi connectivity index (χ0) is 19.3. The Kier molecular flexibility index (Phi) is 7.51. The first-order valence-corrected chi connectivity index (χ1v) is 12.2. The number of aliphatic hydroxyl groups excluding tert-OH is 1. The Morgan fingerprint density at radius 2 is 1.85 bits per heavy atom. The number of carbonyl (C=O) groups is 2. The molecule has 0 radical (unpaired) electrons. The highest BCUT2D eigenvalue weighted by atomic mass is 32.3. The van der Waals surface area contributed by atoms with E-state index in [1.807, 2.05) is 0 Å². The van der Waals surface area contributed by atoms with Crippen LogP contribution in [0.5, 0.6) is 5.75 Å². The van der Waals surface area contributed by atoms with Crippen molar-refractivity contribution < 1.29 is 24.0 Å². The molecule has 1 aromatic rings. The minimum Gasteiger partial charge on any atom is -0.480 e. The highest BCUT2D eigenvalue weighted by Crippen LogP contribution is 2.40. The fourth-order valence-electron chi connectivity index (χ4n) is 3.34. The molecule has 1 fully saturated rings. The van der Waals surface area contributed by atoms with Gasteiger partial charge in [0.05, 0.1) is 22.0 Å². The van der Waals surface area contributed by atoms with Crippen LogP contribution in [0, 0.1) is 17.8 Å². The van der Waals surface area contributed by atoms with Crippen LogP contribution in [-0.2, 0) is 9.53 Å². The number of Topliss-reactive ketones (excluding diaryl/α,β-unsaturated/α-hetero) is 1. The minimum absolute atomic E-state index is 0.0698. The Morgan fingerprint density at radius 3 is 2.38 bits per heavy atom. The van der Waals surface area contributed by atoms with Crippen molar-refractivity contribution in [2.45, 2.75) is 12.8 Å². The molecule has 0 aromatic heterocycles. The average molecular weight is 400 g/mol. The van der Waals surface area contributed by atoms with E-state index in [0.717, 1.165) is 5.75 Å². The van der Waals surface area contributed by atoms with Crippen LogP contribution < -0.4 is 4.52 Å². The molecule has 2 rings (SSSR count). The fraction of sp³-hybridized carbons (Fsp3) is 0.579. The third kappa shape index (κ3) is 5.45. The largest absolute Gasteiger partial charge is 0.480 e. The predicted octanol–water partition coefficient (Wildman–Crippen LogP) is 2.91. The molecule has 7 heteroatoms. The molecular weight excluding hydrogens is 371 g/mol. The molecule has 5 nitrogen and oxygen atoms in total. The summed E-state index contributed by atoms with van der Waals surface area (Å²) in [5, 5.41) is 9.64. The normalized spacial score (nSPS) is 23.5. The Bertz CT molecular complexity index is 626. The zero-order valence-corrected chi connectivity index (χ0v) is 17.6. The third-order valence-electron chi connectivity index (χ3n) is 4.85. The lowest BCUT2D eigenvalue weighted by molar-refractivity contribution is -0.150. The van der Waals surface area contributed by atoms with Gasteiger partial charge in [-0.25, -0.2) is 10.0 Å². The Morgan fingerprint density at radius 1 is 1.19 bits per heavy atom. The molecule has 1 aliphatic rings. The quantitative estimate of drug-likeness (QED) is 0.413. The van der Waals surface area contributed by atoms with E-state index in [9.17, 15) is 14.7 Å². The summed E-state index contributed by atoms with van der Waals surface area (Å²) in [4.78, 5) is 25.6. The number of carbonyl (C=O) groups excluding carboxylic acids is 2. The lowest BCUT2D eigenvalue weighted by Gasteiger charge is -2.26. The lowest BCUT2D eigenvalue weighted by Crippen LogP contribution is -2.33. The Labute approximate surface area is 159 Å². The third-order valence-corrected chi connectivity index (χ3v) is 6.51. The topological polar surface area (TPSA) is 72.8 Å². The minimum atomic E-state index is -0.749. The number of rotatable bonds is 8. The summed E-state index contributed by atoms with van der Waals surface area (Å²) in [5.74, 6) is -0.165. The van der Waals surface area contributed by atoms with E-state index >= 15 is 0 Å². The maximum atomic E-state index is 12.9.